The number of fused-ring (bicyclic) bond motifs is 5. The van der Waals surface area contributed by atoms with E-state index in [1.165, 1.54) is 44.1 Å². The third kappa shape index (κ3) is 5.67. The lowest BCUT2D eigenvalue weighted by Crippen LogP contribution is -2.60. The van der Waals surface area contributed by atoms with Gasteiger partial charge in [-0.25, -0.2) is 0 Å². The summed E-state index contributed by atoms with van der Waals surface area (Å²) in [5, 5.41) is 52.1. The van der Waals surface area contributed by atoms with Gasteiger partial charge >= 0.3 is 0 Å². The van der Waals surface area contributed by atoms with Crippen molar-refractivity contribution < 1.29 is 35.0 Å². The molecule has 1 heterocycles. The maximum absolute atomic E-state index is 11.7. The lowest BCUT2D eigenvalue weighted by atomic mass is 9.46. The van der Waals surface area contributed by atoms with E-state index in [4.69, 9.17) is 9.47 Å². The summed E-state index contributed by atoms with van der Waals surface area (Å²) >= 11 is 0. The van der Waals surface area contributed by atoms with Crippen molar-refractivity contribution in [2.75, 3.05) is 6.61 Å². The smallest absolute Gasteiger partial charge is 0.186 e. The van der Waals surface area contributed by atoms with E-state index in [2.05, 4.69) is 47.6 Å². The first kappa shape index (κ1) is 32.8. The molecule has 1 saturated heterocycles. The van der Waals surface area contributed by atoms with Gasteiger partial charge in [-0.2, -0.15) is 0 Å². The minimum atomic E-state index is -1.44. The lowest BCUT2D eigenvalue weighted by Gasteiger charge is -2.59. The molecule has 5 rings (SSSR count). The fourth-order valence-electron chi connectivity index (χ4n) is 10.8. The lowest BCUT2D eigenvalue weighted by molar-refractivity contribution is -0.313. The normalized spacial score (nSPS) is 48.7. The van der Waals surface area contributed by atoms with Crippen LogP contribution in [-0.2, 0) is 9.47 Å². The summed E-state index contributed by atoms with van der Waals surface area (Å²) in [6.45, 7) is 14.1. The van der Waals surface area contributed by atoms with Gasteiger partial charge in [0.25, 0.3) is 0 Å². The van der Waals surface area contributed by atoms with Crippen molar-refractivity contribution in [3.8, 4) is 0 Å². The molecule has 3 saturated carbocycles. The van der Waals surface area contributed by atoms with Gasteiger partial charge < -0.3 is 35.0 Å². The van der Waals surface area contributed by atoms with Crippen molar-refractivity contribution >= 4 is 0 Å². The van der Waals surface area contributed by atoms with E-state index in [1.807, 2.05) is 0 Å². The van der Waals surface area contributed by atoms with Crippen molar-refractivity contribution in [1.29, 1.82) is 0 Å². The van der Waals surface area contributed by atoms with Crippen molar-refractivity contribution in [3.63, 3.8) is 0 Å². The van der Waals surface area contributed by atoms with Gasteiger partial charge in [-0.1, -0.05) is 66.0 Å². The predicted molar refractivity (Wildman–Crippen MR) is 162 cm³/mol. The highest BCUT2D eigenvalue weighted by atomic mass is 16.7. The number of hydrogen-bond acceptors (Lipinski definition) is 7. The molecule has 0 amide bonds. The van der Waals surface area contributed by atoms with E-state index in [0.29, 0.717) is 29.6 Å². The molecule has 0 radical (unpaired) electrons. The highest BCUT2D eigenvalue weighted by Crippen LogP contribution is 2.67. The molecule has 0 spiro atoms. The van der Waals surface area contributed by atoms with Crippen LogP contribution in [0.5, 0.6) is 0 Å². The maximum Gasteiger partial charge on any atom is 0.186 e. The molecular formula is C35H60O7. The van der Waals surface area contributed by atoms with Crippen LogP contribution in [0.15, 0.2) is 11.6 Å². The molecule has 0 aromatic heterocycles. The molecule has 4 fully saturated rings. The van der Waals surface area contributed by atoms with Gasteiger partial charge in [-0.05, 0) is 104 Å². The minimum Gasteiger partial charge on any atom is -0.394 e. The second kappa shape index (κ2) is 12.7. The maximum atomic E-state index is 11.7. The average Bonchev–Trinajstić information content (AvgIpc) is 3.31. The van der Waals surface area contributed by atoms with Crippen molar-refractivity contribution in [1.82, 2.24) is 0 Å². The molecule has 0 bridgehead atoms. The van der Waals surface area contributed by atoms with Gasteiger partial charge in [0.2, 0.25) is 0 Å². The summed E-state index contributed by atoms with van der Waals surface area (Å²) in [6.07, 6.45) is 6.41. The quantitative estimate of drug-likeness (QED) is 0.244. The molecule has 42 heavy (non-hydrogen) atoms. The second-order valence-electron chi connectivity index (χ2n) is 15.8. The fourth-order valence-corrected chi connectivity index (χ4v) is 10.8. The molecule has 5 aliphatic rings. The van der Waals surface area contributed by atoms with Crippen LogP contribution in [0.2, 0.25) is 0 Å². The van der Waals surface area contributed by atoms with E-state index in [1.54, 1.807) is 0 Å². The zero-order chi connectivity index (χ0) is 30.6. The summed E-state index contributed by atoms with van der Waals surface area (Å²) in [7, 11) is 0. The Kier molecular flexibility index (Phi) is 9.92. The molecule has 15 atom stereocenters. The molecule has 9 unspecified atom stereocenters. The van der Waals surface area contributed by atoms with E-state index in [-0.39, 0.29) is 11.5 Å². The molecule has 1 aliphatic heterocycles. The average molecular weight is 593 g/mol. The monoisotopic (exact) mass is 592 g/mol. The molecule has 7 nitrogen and oxygen atoms in total. The van der Waals surface area contributed by atoms with Gasteiger partial charge in [-0.3, -0.25) is 0 Å². The molecule has 0 aromatic rings. The zero-order valence-electron chi connectivity index (χ0n) is 27.0. The molecule has 5 N–H and O–H groups in total. The summed E-state index contributed by atoms with van der Waals surface area (Å²) in [4.78, 5) is 0. The Labute approximate surface area is 254 Å². The third-order valence-corrected chi connectivity index (χ3v) is 13.5. The largest absolute Gasteiger partial charge is 0.394 e. The Morgan fingerprint density at radius 1 is 0.929 bits per heavy atom. The fraction of sp³-hybridized carbons (Fsp3) is 0.943. The molecule has 4 aliphatic carbocycles. The highest BCUT2D eigenvalue weighted by Gasteiger charge is 2.61. The Balaban J connectivity index is 1.27. The van der Waals surface area contributed by atoms with E-state index >= 15 is 0 Å². The van der Waals surface area contributed by atoms with Gasteiger partial charge in [0, 0.05) is 0 Å². The van der Waals surface area contributed by atoms with Crippen LogP contribution in [0.3, 0.4) is 0 Å². The Morgan fingerprint density at radius 3 is 2.33 bits per heavy atom. The second-order valence-corrected chi connectivity index (χ2v) is 15.8. The van der Waals surface area contributed by atoms with Crippen LogP contribution in [0, 0.1) is 52.3 Å². The first-order valence-corrected chi connectivity index (χ1v) is 17.2. The third-order valence-electron chi connectivity index (χ3n) is 13.5. The first-order chi connectivity index (χ1) is 19.8. The van der Waals surface area contributed by atoms with Gasteiger partial charge in [0.15, 0.2) is 6.29 Å². The predicted octanol–water partition coefficient (Wildman–Crippen LogP) is 4.82. The summed E-state index contributed by atoms with van der Waals surface area (Å²) in [5.74, 6) is 4.35. The van der Waals surface area contributed by atoms with Crippen LogP contribution in [0.1, 0.15) is 106 Å². The standard InChI is InChI=1S/C35H60O7/c1-7-21(19(2)3)9-8-20(4)24-10-11-25-29-26(13-15-35(24,25)6)34(5)14-12-23(16-22(34)17-27(29)37)41-33-32(40)31(39)30(38)28(18-36)42-33/h17,19-21,23-33,36-40H,7-16,18H2,1-6H3/t20?,21?,23?,24-,25+,26+,27?,28?,29-,30?,31?,32?,33?,34-,35+/m0/s1. The Bertz CT molecular complexity index is 952. The summed E-state index contributed by atoms with van der Waals surface area (Å²) in [5.41, 5.74) is 1.57. The topological polar surface area (TPSA) is 120 Å². The van der Waals surface area contributed by atoms with Crippen LogP contribution >= 0.6 is 0 Å². The Morgan fingerprint density at radius 2 is 1.67 bits per heavy atom. The number of hydrogen-bond donors (Lipinski definition) is 5. The van der Waals surface area contributed by atoms with Crippen LogP contribution in [0.25, 0.3) is 0 Å². The zero-order valence-corrected chi connectivity index (χ0v) is 27.0. The first-order valence-electron chi connectivity index (χ1n) is 17.2. The number of aliphatic hydroxyl groups is 5. The van der Waals surface area contributed by atoms with Crippen LogP contribution in [-0.4, -0.2) is 75.1 Å². The van der Waals surface area contributed by atoms with E-state index in [9.17, 15) is 25.5 Å². The van der Waals surface area contributed by atoms with Crippen LogP contribution < -0.4 is 0 Å². The van der Waals surface area contributed by atoms with E-state index < -0.39 is 43.4 Å². The van der Waals surface area contributed by atoms with Gasteiger partial charge in [0.1, 0.15) is 24.4 Å². The van der Waals surface area contributed by atoms with Crippen molar-refractivity contribution in [3.05, 3.63) is 11.6 Å². The number of aliphatic hydroxyl groups excluding tert-OH is 5. The molecular weight excluding hydrogens is 532 g/mol. The molecule has 7 heteroatoms. The summed E-state index contributed by atoms with van der Waals surface area (Å²) in [6, 6.07) is 0. The van der Waals surface area contributed by atoms with Crippen molar-refractivity contribution in [2.24, 2.45) is 52.3 Å². The highest BCUT2D eigenvalue weighted by molar-refractivity contribution is 5.28. The minimum absolute atomic E-state index is 0.0236. The SMILES string of the molecule is CCC(CCC(C)[C@@H]1CC[C@@H]2[C@@H]3C(O)C=C4CC(OC5OC(CO)C(O)C(O)C5O)CC[C@]4(C)[C@@H]3CC[C@@]21C)C(C)C. The van der Waals surface area contributed by atoms with Gasteiger partial charge in [-0.15, -0.1) is 0 Å². The summed E-state index contributed by atoms with van der Waals surface area (Å²) < 4.78 is 11.8. The molecule has 0 aromatic carbocycles. The number of ether oxygens (including phenoxy) is 2. The number of rotatable bonds is 9. The van der Waals surface area contributed by atoms with Crippen molar-refractivity contribution in [2.45, 2.75) is 149 Å². The molecule has 242 valence electrons. The Hall–Kier alpha value is -0.540. The van der Waals surface area contributed by atoms with Gasteiger partial charge in [0.05, 0.1) is 18.8 Å². The van der Waals surface area contributed by atoms with E-state index in [0.717, 1.165) is 42.9 Å². The van der Waals surface area contributed by atoms with Crippen LogP contribution in [0.4, 0.5) is 0 Å².